The van der Waals surface area contributed by atoms with Gasteiger partial charge in [-0.1, -0.05) is 91.0 Å². The van der Waals surface area contributed by atoms with Crippen molar-refractivity contribution in [1.29, 1.82) is 0 Å². The minimum absolute atomic E-state index is 0.393. The molecule has 3 aromatic carbocycles. The predicted octanol–water partition coefficient (Wildman–Crippen LogP) is 5.38. The molecule has 3 fully saturated rings. The van der Waals surface area contributed by atoms with Crippen LogP contribution < -0.4 is 0 Å². The monoisotopic (exact) mass is 385 g/mol. The van der Waals surface area contributed by atoms with E-state index >= 15 is 0 Å². The van der Waals surface area contributed by atoms with E-state index in [1.54, 1.807) is 0 Å². The Morgan fingerprint density at radius 1 is 0.464 bits per heavy atom. The Bertz CT molecular complexity index is 822. The molecular weight excluding hydrogens is 361 g/mol. The highest BCUT2D eigenvalue weighted by molar-refractivity contribution is 7.51. The highest BCUT2D eigenvalue weighted by Gasteiger charge is 2.58. The fourth-order valence-electron chi connectivity index (χ4n) is 4.28. The first-order valence-electron chi connectivity index (χ1n) is 10.1. The zero-order valence-corrected chi connectivity index (χ0v) is 16.7. The Morgan fingerprint density at radius 3 is 1.04 bits per heavy atom. The molecule has 3 aliphatic rings. The zero-order valence-electron chi connectivity index (χ0n) is 15.8. The number of hydrogen-bond acceptors (Lipinski definition) is 3. The van der Waals surface area contributed by atoms with E-state index in [0.29, 0.717) is 18.1 Å². The van der Waals surface area contributed by atoms with Crippen LogP contribution in [0.3, 0.4) is 0 Å². The second-order valence-corrected chi connectivity index (χ2v) is 9.99. The standard InChI is InChI=1S/C24H24N3P/c1-4-10-19(11-5-1)22-16-25(22)28(26-17-23(26)20-12-6-2-7-13-20)27-18-24(27)21-14-8-3-9-15-21/h1-15,22-24H,16-18H2. The van der Waals surface area contributed by atoms with E-state index in [9.17, 15) is 0 Å². The minimum Gasteiger partial charge on any atom is -0.247 e. The van der Waals surface area contributed by atoms with Crippen molar-refractivity contribution in [3.05, 3.63) is 108 Å². The van der Waals surface area contributed by atoms with Crippen LogP contribution in [0.4, 0.5) is 0 Å². The van der Waals surface area contributed by atoms with Gasteiger partial charge < -0.3 is 0 Å². The molecular formula is C24H24N3P. The van der Waals surface area contributed by atoms with Gasteiger partial charge in [0.25, 0.3) is 0 Å². The van der Waals surface area contributed by atoms with Crippen LogP contribution in [0.15, 0.2) is 91.0 Å². The highest BCUT2D eigenvalue weighted by atomic mass is 31.2. The third-order valence-corrected chi connectivity index (χ3v) is 8.71. The van der Waals surface area contributed by atoms with Crippen LogP contribution in [0.1, 0.15) is 34.8 Å². The topological polar surface area (TPSA) is 9.03 Å². The smallest absolute Gasteiger partial charge is 0.122 e. The molecule has 3 nitrogen and oxygen atoms in total. The van der Waals surface area contributed by atoms with E-state index in [1.807, 2.05) is 0 Å². The fourth-order valence-corrected chi connectivity index (χ4v) is 7.22. The lowest BCUT2D eigenvalue weighted by atomic mass is 10.2. The molecule has 0 bridgehead atoms. The summed E-state index contributed by atoms with van der Waals surface area (Å²) in [7, 11) is -0.393. The molecule has 0 radical (unpaired) electrons. The van der Waals surface area contributed by atoms with Gasteiger partial charge in [-0.3, -0.25) is 0 Å². The van der Waals surface area contributed by atoms with E-state index in [4.69, 9.17) is 0 Å². The molecule has 3 heterocycles. The van der Waals surface area contributed by atoms with E-state index < -0.39 is 8.37 Å². The van der Waals surface area contributed by atoms with Crippen molar-refractivity contribution in [2.45, 2.75) is 18.1 Å². The van der Waals surface area contributed by atoms with Gasteiger partial charge in [-0.25, -0.2) is 14.0 Å². The molecule has 28 heavy (non-hydrogen) atoms. The molecule has 140 valence electrons. The number of benzene rings is 3. The lowest BCUT2D eigenvalue weighted by Crippen LogP contribution is -2.09. The fraction of sp³-hybridized carbons (Fsp3) is 0.250. The van der Waals surface area contributed by atoms with Crippen LogP contribution in [0.5, 0.6) is 0 Å². The van der Waals surface area contributed by atoms with E-state index in [2.05, 4.69) is 105 Å². The molecule has 4 heteroatoms. The van der Waals surface area contributed by atoms with Crippen molar-refractivity contribution in [2.24, 2.45) is 0 Å². The quantitative estimate of drug-likeness (QED) is 0.416. The average molecular weight is 385 g/mol. The third kappa shape index (κ3) is 3.09. The van der Waals surface area contributed by atoms with Crippen LogP contribution in [0, 0.1) is 0 Å². The number of hydrogen-bond donors (Lipinski definition) is 0. The van der Waals surface area contributed by atoms with Crippen molar-refractivity contribution >= 4 is 8.37 Å². The molecule has 6 atom stereocenters. The molecule has 3 saturated heterocycles. The summed E-state index contributed by atoms with van der Waals surface area (Å²) in [6.07, 6.45) is 0. The van der Waals surface area contributed by atoms with Crippen LogP contribution in [0.25, 0.3) is 0 Å². The van der Waals surface area contributed by atoms with Gasteiger partial charge >= 0.3 is 0 Å². The maximum Gasteiger partial charge on any atom is 0.122 e. The second-order valence-electron chi connectivity index (χ2n) is 7.91. The summed E-state index contributed by atoms with van der Waals surface area (Å²) in [6, 6.07) is 34.8. The lowest BCUT2D eigenvalue weighted by molar-refractivity contribution is 0.627. The first-order valence-corrected chi connectivity index (χ1v) is 11.3. The van der Waals surface area contributed by atoms with Crippen LogP contribution >= 0.6 is 8.37 Å². The summed E-state index contributed by atoms with van der Waals surface area (Å²) in [6.45, 7) is 3.56. The van der Waals surface area contributed by atoms with Crippen LogP contribution in [-0.4, -0.2) is 33.6 Å². The van der Waals surface area contributed by atoms with Gasteiger partial charge in [0.05, 0.1) is 18.1 Å². The molecule has 3 aromatic rings. The molecule has 0 spiro atoms. The predicted molar refractivity (Wildman–Crippen MR) is 115 cm³/mol. The Morgan fingerprint density at radius 2 is 0.750 bits per heavy atom. The Kier molecular flexibility index (Phi) is 4.09. The van der Waals surface area contributed by atoms with E-state index in [-0.39, 0.29) is 0 Å². The maximum atomic E-state index is 2.73. The van der Waals surface area contributed by atoms with Crippen molar-refractivity contribution in [1.82, 2.24) is 14.0 Å². The van der Waals surface area contributed by atoms with E-state index in [0.717, 1.165) is 0 Å². The van der Waals surface area contributed by atoms with Gasteiger partial charge in [-0.15, -0.1) is 0 Å². The Balaban J connectivity index is 1.25. The number of nitrogens with zero attached hydrogens (tertiary/aromatic N) is 3. The van der Waals surface area contributed by atoms with Gasteiger partial charge in [-0.2, -0.15) is 0 Å². The Hall–Kier alpha value is -2.03. The molecule has 3 aliphatic heterocycles. The first kappa shape index (κ1) is 16.9. The number of rotatable bonds is 6. The highest BCUT2D eigenvalue weighted by Crippen LogP contribution is 2.71. The first-order chi connectivity index (χ1) is 13.9. The van der Waals surface area contributed by atoms with Crippen molar-refractivity contribution < 1.29 is 0 Å². The van der Waals surface area contributed by atoms with Gasteiger partial charge in [-0.05, 0) is 16.7 Å². The van der Waals surface area contributed by atoms with Crippen LogP contribution in [-0.2, 0) is 0 Å². The van der Waals surface area contributed by atoms with E-state index in [1.165, 1.54) is 36.3 Å². The molecule has 6 rings (SSSR count). The normalized spacial score (nSPS) is 33.9. The summed E-state index contributed by atoms with van der Waals surface area (Å²) >= 11 is 0. The average Bonchev–Trinajstić information content (AvgIpc) is 3.65. The molecule has 0 N–H and O–H groups in total. The SMILES string of the molecule is c1ccc(C2CN2P(N2CC2c2ccccc2)N2CC2c2ccccc2)cc1. The summed E-state index contributed by atoms with van der Waals surface area (Å²) < 4.78 is 8.20. The van der Waals surface area contributed by atoms with Gasteiger partial charge in [0, 0.05) is 19.6 Å². The summed E-state index contributed by atoms with van der Waals surface area (Å²) in [5.74, 6) is 0. The van der Waals surface area contributed by atoms with Crippen molar-refractivity contribution in [3.63, 3.8) is 0 Å². The molecule has 0 saturated carbocycles. The van der Waals surface area contributed by atoms with Gasteiger partial charge in [0.1, 0.15) is 8.37 Å². The van der Waals surface area contributed by atoms with Gasteiger partial charge in [0.15, 0.2) is 0 Å². The van der Waals surface area contributed by atoms with Crippen LogP contribution in [0.2, 0.25) is 0 Å². The summed E-state index contributed by atoms with van der Waals surface area (Å²) in [5, 5.41) is 0. The zero-order chi connectivity index (χ0) is 18.5. The maximum absolute atomic E-state index is 2.73. The Labute approximate surface area is 168 Å². The lowest BCUT2D eigenvalue weighted by Gasteiger charge is -2.23. The van der Waals surface area contributed by atoms with Gasteiger partial charge in [0.2, 0.25) is 0 Å². The molecule has 6 unspecified atom stereocenters. The van der Waals surface area contributed by atoms with Crippen molar-refractivity contribution in [3.8, 4) is 0 Å². The molecule has 0 aromatic heterocycles. The molecule has 0 aliphatic carbocycles. The summed E-state index contributed by atoms with van der Waals surface area (Å²) in [4.78, 5) is 0. The second kappa shape index (κ2) is 6.79. The molecule has 0 amide bonds. The van der Waals surface area contributed by atoms with Crippen molar-refractivity contribution in [2.75, 3.05) is 19.6 Å². The largest absolute Gasteiger partial charge is 0.247 e. The third-order valence-electron chi connectivity index (χ3n) is 6.00. The minimum atomic E-state index is -0.393. The summed E-state index contributed by atoms with van der Waals surface area (Å²) in [5.41, 5.74) is 4.39.